The lowest BCUT2D eigenvalue weighted by Gasteiger charge is -2.09. The van der Waals surface area contributed by atoms with Gasteiger partial charge in [-0.2, -0.15) is 0 Å². The number of aromatic nitrogens is 1. The average Bonchev–Trinajstić information content (AvgIpc) is 3.25. The standard InChI is InChI=1S/C18H18ClN3O4S2/c1-3-28(24,25)22-14-7-5-4-6-12(14)18-21-15(11(2)26-18)10-20-17(23)16-13(19)8-9-27-16/h4-9,22H,3,10H2,1-2H3,(H,20,23). The number of oxazole rings is 1. The number of rotatable bonds is 7. The van der Waals surface area contributed by atoms with Gasteiger partial charge in [-0.15, -0.1) is 11.3 Å². The second kappa shape index (κ2) is 8.34. The highest BCUT2D eigenvalue weighted by Gasteiger charge is 2.18. The van der Waals surface area contributed by atoms with E-state index in [9.17, 15) is 13.2 Å². The van der Waals surface area contributed by atoms with Crippen molar-refractivity contribution < 1.29 is 17.6 Å². The molecule has 2 N–H and O–H groups in total. The molecule has 2 aromatic heterocycles. The highest BCUT2D eigenvalue weighted by Crippen LogP contribution is 2.29. The van der Waals surface area contributed by atoms with Crippen LogP contribution in [0.1, 0.15) is 28.0 Å². The molecule has 0 saturated carbocycles. The van der Waals surface area contributed by atoms with Crippen LogP contribution < -0.4 is 10.0 Å². The summed E-state index contributed by atoms with van der Waals surface area (Å²) in [6.45, 7) is 3.45. The van der Waals surface area contributed by atoms with Gasteiger partial charge in [0.25, 0.3) is 5.91 Å². The summed E-state index contributed by atoms with van der Waals surface area (Å²) in [4.78, 5) is 17.1. The zero-order chi connectivity index (χ0) is 20.3. The molecule has 0 aliphatic rings. The van der Waals surface area contributed by atoms with E-state index in [1.165, 1.54) is 11.3 Å². The van der Waals surface area contributed by atoms with Gasteiger partial charge in [0.15, 0.2) is 0 Å². The van der Waals surface area contributed by atoms with Crippen LogP contribution in [0.3, 0.4) is 0 Å². The number of carbonyl (C=O) groups excluding carboxylic acids is 1. The first-order valence-electron chi connectivity index (χ1n) is 8.38. The van der Waals surface area contributed by atoms with Crippen LogP contribution in [-0.4, -0.2) is 25.1 Å². The fourth-order valence-corrected chi connectivity index (χ4v) is 4.12. The smallest absolute Gasteiger partial charge is 0.263 e. The predicted octanol–water partition coefficient (Wildman–Crippen LogP) is 4.06. The number of nitrogens with one attached hydrogen (secondary N) is 2. The monoisotopic (exact) mass is 439 g/mol. The van der Waals surface area contributed by atoms with Gasteiger partial charge < -0.3 is 9.73 Å². The zero-order valence-corrected chi connectivity index (χ0v) is 17.5. The largest absolute Gasteiger partial charge is 0.441 e. The van der Waals surface area contributed by atoms with E-state index in [1.807, 2.05) is 0 Å². The lowest BCUT2D eigenvalue weighted by atomic mass is 10.2. The lowest BCUT2D eigenvalue weighted by molar-refractivity contribution is 0.0954. The number of amides is 1. The Hall–Kier alpha value is -2.36. The summed E-state index contributed by atoms with van der Waals surface area (Å²) in [5.41, 5.74) is 1.44. The molecule has 1 aromatic carbocycles. The van der Waals surface area contributed by atoms with Crippen LogP contribution in [0.4, 0.5) is 5.69 Å². The fourth-order valence-electron chi connectivity index (χ4n) is 2.41. The van der Waals surface area contributed by atoms with Crippen molar-refractivity contribution in [2.45, 2.75) is 20.4 Å². The van der Waals surface area contributed by atoms with Crippen LogP contribution in [0.5, 0.6) is 0 Å². The Morgan fingerprint density at radius 3 is 2.71 bits per heavy atom. The van der Waals surface area contributed by atoms with Crippen LogP contribution in [0.2, 0.25) is 5.02 Å². The number of hydrogen-bond donors (Lipinski definition) is 2. The third-order valence-electron chi connectivity index (χ3n) is 3.94. The average molecular weight is 440 g/mol. The maximum atomic E-state index is 12.2. The summed E-state index contributed by atoms with van der Waals surface area (Å²) >= 11 is 7.23. The van der Waals surface area contributed by atoms with Crippen LogP contribution in [-0.2, 0) is 16.6 Å². The van der Waals surface area contributed by atoms with Gasteiger partial charge in [0, 0.05) is 0 Å². The maximum Gasteiger partial charge on any atom is 0.263 e. The fraction of sp³-hybridized carbons (Fsp3) is 0.222. The molecular formula is C18H18ClN3O4S2. The second-order valence-electron chi connectivity index (χ2n) is 5.85. The molecule has 2 heterocycles. The van der Waals surface area contributed by atoms with Crippen molar-refractivity contribution in [3.8, 4) is 11.5 Å². The van der Waals surface area contributed by atoms with Crippen LogP contribution >= 0.6 is 22.9 Å². The first-order valence-corrected chi connectivity index (χ1v) is 11.3. The van der Waals surface area contributed by atoms with Crippen molar-refractivity contribution >= 4 is 44.6 Å². The molecule has 0 fully saturated rings. The van der Waals surface area contributed by atoms with Gasteiger partial charge in [-0.25, -0.2) is 13.4 Å². The molecule has 1 amide bonds. The first kappa shape index (κ1) is 20.4. The summed E-state index contributed by atoms with van der Waals surface area (Å²) in [5.74, 6) is 0.459. The van der Waals surface area contributed by atoms with Crippen molar-refractivity contribution in [1.29, 1.82) is 0 Å². The highest BCUT2D eigenvalue weighted by atomic mass is 35.5. The number of anilines is 1. The minimum absolute atomic E-state index is 0.0471. The molecule has 0 bridgehead atoms. The molecule has 10 heteroatoms. The highest BCUT2D eigenvalue weighted by molar-refractivity contribution is 7.92. The van der Waals surface area contributed by atoms with Crippen molar-refractivity contribution in [3.05, 3.63) is 57.1 Å². The van der Waals surface area contributed by atoms with Crippen molar-refractivity contribution in [2.24, 2.45) is 0 Å². The Bertz CT molecular complexity index is 1110. The zero-order valence-electron chi connectivity index (χ0n) is 15.2. The third-order valence-corrected chi connectivity index (χ3v) is 6.57. The van der Waals surface area contributed by atoms with E-state index < -0.39 is 10.0 Å². The van der Waals surface area contributed by atoms with Crippen LogP contribution in [0.25, 0.3) is 11.5 Å². The Morgan fingerprint density at radius 2 is 2.04 bits per heavy atom. The summed E-state index contributed by atoms with van der Waals surface area (Å²) < 4.78 is 32.1. The number of para-hydroxylation sites is 1. The van der Waals surface area contributed by atoms with E-state index in [1.54, 1.807) is 49.6 Å². The van der Waals surface area contributed by atoms with Gasteiger partial charge in [-0.05, 0) is 37.4 Å². The summed E-state index contributed by atoms with van der Waals surface area (Å²) in [5, 5.41) is 4.90. The third kappa shape index (κ3) is 4.54. The van der Waals surface area contributed by atoms with E-state index in [0.29, 0.717) is 32.6 Å². The number of sulfonamides is 1. The number of nitrogens with zero attached hydrogens (tertiary/aromatic N) is 1. The van der Waals surface area contributed by atoms with Gasteiger partial charge in [0.05, 0.1) is 28.6 Å². The maximum absolute atomic E-state index is 12.2. The molecule has 3 rings (SSSR count). The molecule has 0 atom stereocenters. The van der Waals surface area contributed by atoms with Gasteiger partial charge in [-0.3, -0.25) is 9.52 Å². The van der Waals surface area contributed by atoms with Crippen LogP contribution in [0.15, 0.2) is 40.1 Å². The number of aryl methyl sites for hydroxylation is 1. The Kier molecular flexibility index (Phi) is 6.07. The SMILES string of the molecule is CCS(=O)(=O)Nc1ccccc1-c1nc(CNC(=O)c2sccc2Cl)c(C)o1. The summed E-state index contributed by atoms with van der Waals surface area (Å²) in [6, 6.07) is 8.50. The van der Waals surface area contributed by atoms with Gasteiger partial charge in [0.2, 0.25) is 15.9 Å². The molecule has 0 radical (unpaired) electrons. The van der Waals surface area contributed by atoms with Crippen molar-refractivity contribution in [3.63, 3.8) is 0 Å². The van der Waals surface area contributed by atoms with E-state index >= 15 is 0 Å². The van der Waals surface area contributed by atoms with Crippen LogP contribution in [0, 0.1) is 6.92 Å². The summed E-state index contributed by atoms with van der Waals surface area (Å²) in [6.07, 6.45) is 0. The van der Waals surface area contributed by atoms with E-state index in [4.69, 9.17) is 16.0 Å². The number of halogens is 1. The molecule has 0 aliphatic carbocycles. The van der Waals surface area contributed by atoms with Crippen molar-refractivity contribution in [1.82, 2.24) is 10.3 Å². The minimum atomic E-state index is -3.44. The molecule has 28 heavy (non-hydrogen) atoms. The van der Waals surface area contributed by atoms with Gasteiger partial charge >= 0.3 is 0 Å². The minimum Gasteiger partial charge on any atom is -0.441 e. The number of thiophene rings is 1. The van der Waals surface area contributed by atoms with Gasteiger partial charge in [-0.1, -0.05) is 23.7 Å². The number of carbonyl (C=O) groups is 1. The lowest BCUT2D eigenvalue weighted by Crippen LogP contribution is -2.22. The predicted molar refractivity (Wildman–Crippen MR) is 110 cm³/mol. The number of benzene rings is 1. The molecule has 148 valence electrons. The Labute approximate surface area is 171 Å². The normalized spacial score (nSPS) is 11.4. The molecule has 0 unspecified atom stereocenters. The molecular weight excluding hydrogens is 422 g/mol. The molecule has 0 aliphatic heterocycles. The van der Waals surface area contributed by atoms with E-state index in [-0.39, 0.29) is 24.1 Å². The Balaban J connectivity index is 1.81. The van der Waals surface area contributed by atoms with E-state index in [2.05, 4.69) is 15.0 Å². The number of hydrogen-bond acceptors (Lipinski definition) is 6. The van der Waals surface area contributed by atoms with Crippen molar-refractivity contribution in [2.75, 3.05) is 10.5 Å². The first-order chi connectivity index (χ1) is 13.3. The quantitative estimate of drug-likeness (QED) is 0.578. The molecule has 3 aromatic rings. The summed E-state index contributed by atoms with van der Waals surface area (Å²) in [7, 11) is -3.44. The second-order valence-corrected chi connectivity index (χ2v) is 9.19. The Morgan fingerprint density at radius 1 is 1.29 bits per heavy atom. The van der Waals surface area contributed by atoms with E-state index in [0.717, 1.165) is 0 Å². The molecule has 0 saturated heterocycles. The molecule has 7 nitrogen and oxygen atoms in total. The van der Waals surface area contributed by atoms with Gasteiger partial charge in [0.1, 0.15) is 16.3 Å². The topological polar surface area (TPSA) is 101 Å². The molecule has 0 spiro atoms.